The van der Waals surface area contributed by atoms with Gasteiger partial charge in [0.1, 0.15) is 4.90 Å². The summed E-state index contributed by atoms with van der Waals surface area (Å²) in [6.07, 6.45) is 1.32. The number of nitrogens with one attached hydrogen (secondary N) is 1. The molecule has 2 saturated heterocycles. The molecule has 0 atom stereocenters. The number of rotatable bonds is 6. The maximum Gasteiger partial charge on any atom is 0.494 e. The van der Waals surface area contributed by atoms with E-state index in [1.54, 1.807) is 36.4 Å². The van der Waals surface area contributed by atoms with Crippen molar-refractivity contribution in [3.8, 4) is 0 Å². The van der Waals surface area contributed by atoms with Crippen LogP contribution in [0.5, 0.6) is 0 Å². The SMILES string of the molecule is COC(=O)c1cc(B2OC(C)(C)C(C)(C)O2)ccc1Nc1c(S(=O)(=O)N2CCOCC2)cnc2ccc(Cl)cc12. The number of ether oxygens (including phenoxy) is 2. The summed E-state index contributed by atoms with van der Waals surface area (Å²) in [4.78, 5) is 17.3. The lowest BCUT2D eigenvalue weighted by Gasteiger charge is -2.32. The Bertz CT molecular complexity index is 1560. The molecule has 0 bridgehead atoms. The Morgan fingerprint density at radius 3 is 2.40 bits per heavy atom. The van der Waals surface area contributed by atoms with Crippen molar-refractivity contribution < 1.29 is 32.0 Å². The lowest BCUT2D eigenvalue weighted by atomic mass is 9.78. The second-order valence-corrected chi connectivity index (χ2v) is 13.0. The molecule has 5 rings (SSSR count). The van der Waals surface area contributed by atoms with Crippen LogP contribution in [0.25, 0.3) is 10.9 Å². The molecular formula is C27H31BClN3O7S. The number of esters is 1. The first-order valence-electron chi connectivity index (χ1n) is 12.9. The maximum absolute atomic E-state index is 13.8. The number of benzene rings is 2. The molecular weight excluding hydrogens is 557 g/mol. The summed E-state index contributed by atoms with van der Waals surface area (Å²) in [6.45, 7) is 8.79. The second kappa shape index (κ2) is 10.6. The number of aromatic nitrogens is 1. The lowest BCUT2D eigenvalue weighted by molar-refractivity contribution is 0.00578. The van der Waals surface area contributed by atoms with Crippen LogP contribution in [0.2, 0.25) is 5.02 Å². The van der Waals surface area contributed by atoms with Gasteiger partial charge in [0.25, 0.3) is 0 Å². The Morgan fingerprint density at radius 2 is 1.75 bits per heavy atom. The summed E-state index contributed by atoms with van der Waals surface area (Å²) in [5, 5.41) is 4.09. The molecule has 1 N–H and O–H groups in total. The molecule has 1 aromatic heterocycles. The third kappa shape index (κ3) is 5.20. The molecule has 0 aliphatic carbocycles. The van der Waals surface area contributed by atoms with Crippen LogP contribution in [-0.2, 0) is 28.8 Å². The zero-order valence-corrected chi connectivity index (χ0v) is 24.6. The van der Waals surface area contributed by atoms with E-state index < -0.39 is 34.3 Å². The van der Waals surface area contributed by atoms with Gasteiger partial charge in [-0.05, 0) is 63.5 Å². The van der Waals surface area contributed by atoms with Crippen molar-refractivity contribution in [2.75, 3.05) is 38.7 Å². The summed E-state index contributed by atoms with van der Waals surface area (Å²) in [5.74, 6) is -0.616. The van der Waals surface area contributed by atoms with Crippen molar-refractivity contribution in [2.24, 2.45) is 0 Å². The molecule has 13 heteroatoms. The van der Waals surface area contributed by atoms with Crippen molar-refractivity contribution >= 4 is 62.5 Å². The highest BCUT2D eigenvalue weighted by Gasteiger charge is 2.51. The van der Waals surface area contributed by atoms with Crippen LogP contribution in [0.15, 0.2) is 47.5 Å². The Kier molecular flexibility index (Phi) is 7.62. The summed E-state index contributed by atoms with van der Waals surface area (Å²) in [7, 11) is -3.40. The van der Waals surface area contributed by atoms with Gasteiger partial charge in [-0.3, -0.25) is 4.98 Å². The fourth-order valence-electron chi connectivity index (χ4n) is 4.61. The van der Waals surface area contributed by atoms with Gasteiger partial charge in [-0.1, -0.05) is 17.7 Å². The number of carbonyl (C=O) groups is 1. The highest BCUT2D eigenvalue weighted by atomic mass is 35.5. The van der Waals surface area contributed by atoms with Gasteiger partial charge in [-0.15, -0.1) is 0 Å². The van der Waals surface area contributed by atoms with Gasteiger partial charge in [-0.2, -0.15) is 4.31 Å². The number of carbonyl (C=O) groups excluding carboxylic acids is 1. The van der Waals surface area contributed by atoms with Crippen LogP contribution in [0.4, 0.5) is 11.4 Å². The minimum atomic E-state index is -3.97. The number of methoxy groups -OCH3 is 1. The van der Waals surface area contributed by atoms with Gasteiger partial charge in [0.15, 0.2) is 0 Å². The highest BCUT2D eigenvalue weighted by Crippen LogP contribution is 2.38. The maximum atomic E-state index is 13.8. The second-order valence-electron chi connectivity index (χ2n) is 10.7. The van der Waals surface area contributed by atoms with E-state index in [4.69, 9.17) is 30.4 Å². The van der Waals surface area contributed by atoms with Gasteiger partial charge in [0, 0.05) is 29.7 Å². The third-order valence-corrected chi connectivity index (χ3v) is 9.76. The standard InChI is InChI=1S/C27H31BClN3O7S/c1-26(2)27(3,4)39-28(38-26)17-6-8-22(20(14-17)25(33)36-5)31-24-19-15-18(29)7-9-21(19)30-16-23(24)40(34,35)32-10-12-37-13-11-32/h6-9,14-16H,10-13H2,1-5H3,(H,30,31). The number of anilines is 2. The number of pyridine rings is 1. The van der Waals surface area contributed by atoms with Crippen molar-refractivity contribution in [1.82, 2.24) is 9.29 Å². The van der Waals surface area contributed by atoms with E-state index in [1.807, 2.05) is 27.7 Å². The topological polar surface area (TPSA) is 116 Å². The molecule has 3 heterocycles. The molecule has 0 radical (unpaired) electrons. The summed E-state index contributed by atoms with van der Waals surface area (Å²) < 4.78 is 51.7. The molecule has 2 aromatic carbocycles. The predicted octanol–water partition coefficient (Wildman–Crippen LogP) is 3.74. The molecule has 2 fully saturated rings. The van der Waals surface area contributed by atoms with Gasteiger partial charge < -0.3 is 24.1 Å². The van der Waals surface area contributed by atoms with Gasteiger partial charge in [0.2, 0.25) is 10.0 Å². The number of sulfonamides is 1. The molecule has 0 spiro atoms. The van der Waals surface area contributed by atoms with Crippen molar-refractivity contribution in [1.29, 1.82) is 0 Å². The van der Waals surface area contributed by atoms with Crippen LogP contribution in [0.3, 0.4) is 0 Å². The summed E-state index contributed by atoms with van der Waals surface area (Å²) >= 11 is 6.32. The van der Waals surface area contributed by atoms with E-state index in [0.717, 1.165) is 0 Å². The van der Waals surface area contributed by atoms with Crippen LogP contribution >= 0.6 is 11.6 Å². The smallest absolute Gasteiger partial charge is 0.465 e. The Balaban J connectivity index is 1.63. The van der Waals surface area contributed by atoms with Crippen LogP contribution in [0.1, 0.15) is 38.1 Å². The molecule has 3 aromatic rings. The zero-order chi connectivity index (χ0) is 28.9. The average Bonchev–Trinajstić information content (AvgIpc) is 3.15. The van der Waals surface area contributed by atoms with Crippen molar-refractivity contribution in [3.05, 3.63) is 53.2 Å². The Labute approximate surface area is 239 Å². The van der Waals surface area contributed by atoms with Gasteiger partial charge in [0.05, 0.1) is 54.0 Å². The molecule has 40 heavy (non-hydrogen) atoms. The molecule has 10 nitrogen and oxygen atoms in total. The Morgan fingerprint density at radius 1 is 1.07 bits per heavy atom. The van der Waals surface area contributed by atoms with E-state index >= 15 is 0 Å². The first-order valence-corrected chi connectivity index (χ1v) is 14.7. The number of hydrogen-bond acceptors (Lipinski definition) is 9. The fraction of sp³-hybridized carbons (Fsp3) is 0.407. The van der Waals surface area contributed by atoms with Gasteiger partial charge in [-0.25, -0.2) is 13.2 Å². The summed E-state index contributed by atoms with van der Waals surface area (Å²) in [5.41, 5.74) is 0.757. The largest absolute Gasteiger partial charge is 0.494 e. The normalized spacial score (nSPS) is 19.1. The van der Waals surface area contributed by atoms with Crippen LogP contribution in [-0.4, -0.2) is 75.4 Å². The monoisotopic (exact) mass is 587 g/mol. The van der Waals surface area contributed by atoms with Crippen molar-refractivity contribution in [2.45, 2.75) is 43.8 Å². The quantitative estimate of drug-likeness (QED) is 0.340. The zero-order valence-electron chi connectivity index (χ0n) is 23.0. The van der Waals surface area contributed by atoms with Crippen LogP contribution in [0, 0.1) is 0 Å². The van der Waals surface area contributed by atoms with Crippen LogP contribution < -0.4 is 10.8 Å². The third-order valence-electron chi connectivity index (χ3n) is 7.62. The number of fused-ring (bicyclic) bond motifs is 1. The van der Waals surface area contributed by atoms with Gasteiger partial charge >= 0.3 is 13.1 Å². The van der Waals surface area contributed by atoms with E-state index in [1.165, 1.54) is 17.6 Å². The minimum absolute atomic E-state index is 0.0463. The number of nitrogens with zero attached hydrogens (tertiary/aromatic N) is 2. The number of hydrogen-bond donors (Lipinski definition) is 1. The van der Waals surface area contributed by atoms with E-state index in [0.29, 0.717) is 40.3 Å². The van der Waals surface area contributed by atoms with E-state index in [9.17, 15) is 13.2 Å². The molecule has 212 valence electrons. The van der Waals surface area contributed by atoms with Crippen molar-refractivity contribution in [3.63, 3.8) is 0 Å². The fourth-order valence-corrected chi connectivity index (χ4v) is 6.29. The predicted molar refractivity (Wildman–Crippen MR) is 153 cm³/mol. The Hall–Kier alpha value is -2.74. The first kappa shape index (κ1) is 28.8. The molecule has 0 amide bonds. The lowest BCUT2D eigenvalue weighted by Crippen LogP contribution is -2.41. The average molecular weight is 588 g/mol. The molecule has 0 unspecified atom stereocenters. The molecule has 0 saturated carbocycles. The highest BCUT2D eigenvalue weighted by molar-refractivity contribution is 7.89. The summed E-state index contributed by atoms with van der Waals surface area (Å²) in [6, 6.07) is 10.1. The number of morpholine rings is 1. The van der Waals surface area contributed by atoms with E-state index in [-0.39, 0.29) is 29.2 Å². The number of halogens is 1. The molecule has 2 aliphatic heterocycles. The minimum Gasteiger partial charge on any atom is -0.465 e. The van der Waals surface area contributed by atoms with E-state index in [2.05, 4.69) is 10.3 Å². The first-order chi connectivity index (χ1) is 18.8. The molecule has 2 aliphatic rings.